The molecule has 1 aromatic heterocycles. The Bertz CT molecular complexity index is 1800. The third kappa shape index (κ3) is 8.76. The van der Waals surface area contributed by atoms with Crippen LogP contribution in [0.3, 0.4) is 0 Å². The average molecular weight is 669 g/mol. The molecule has 1 aliphatic rings. The fourth-order valence-corrected chi connectivity index (χ4v) is 7.43. The zero-order valence-corrected chi connectivity index (χ0v) is 27.3. The number of hydrogen-bond acceptors (Lipinski definition) is 9. The van der Waals surface area contributed by atoms with E-state index in [2.05, 4.69) is 16.7 Å². The van der Waals surface area contributed by atoms with Crippen LogP contribution in [0, 0.1) is 0 Å². The highest BCUT2D eigenvalue weighted by Gasteiger charge is 2.32. The number of nitrogens with two attached hydrogens (primary N) is 1. The molecule has 0 saturated carbocycles. The van der Waals surface area contributed by atoms with E-state index in [1.54, 1.807) is 47.4 Å². The van der Waals surface area contributed by atoms with E-state index in [0.29, 0.717) is 35.7 Å². The minimum Gasteiger partial charge on any atom is -0.397 e. The largest absolute Gasteiger partial charge is 0.397 e. The van der Waals surface area contributed by atoms with E-state index >= 15 is 0 Å². The van der Waals surface area contributed by atoms with Gasteiger partial charge in [0.25, 0.3) is 0 Å². The minimum atomic E-state index is -0.654. The molecule has 6 rings (SSSR count). The van der Waals surface area contributed by atoms with Crippen molar-refractivity contribution in [2.24, 2.45) is 0 Å². The van der Waals surface area contributed by atoms with E-state index in [4.69, 9.17) is 20.2 Å². The Morgan fingerprint density at radius 2 is 1.66 bits per heavy atom. The quantitative estimate of drug-likeness (QED) is 0.0795. The van der Waals surface area contributed by atoms with Crippen LogP contribution >= 0.6 is 23.1 Å². The molecule has 4 aromatic carbocycles. The lowest BCUT2D eigenvalue weighted by atomic mass is 10.0. The van der Waals surface area contributed by atoms with Gasteiger partial charge in [0.05, 0.1) is 40.4 Å². The zero-order valence-electron chi connectivity index (χ0n) is 25.6. The third-order valence-electron chi connectivity index (χ3n) is 7.77. The van der Waals surface area contributed by atoms with Gasteiger partial charge in [-0.3, -0.25) is 9.59 Å². The smallest absolute Gasteiger partial charge is 0.224 e. The maximum atomic E-state index is 12.8. The van der Waals surface area contributed by atoms with Crippen molar-refractivity contribution < 1.29 is 24.2 Å². The van der Waals surface area contributed by atoms with Gasteiger partial charge in [0.1, 0.15) is 0 Å². The van der Waals surface area contributed by atoms with Crippen LogP contribution in [0.2, 0.25) is 0 Å². The molecular weight excluding hydrogens is 633 g/mol. The molecule has 2 amide bonds. The molecule has 1 saturated heterocycles. The Labute approximate surface area is 281 Å². The van der Waals surface area contributed by atoms with Crippen LogP contribution in [0.15, 0.2) is 101 Å². The highest BCUT2D eigenvalue weighted by molar-refractivity contribution is 8.01. The second-order valence-electron chi connectivity index (χ2n) is 11.3. The second kappa shape index (κ2) is 15.6. The fourth-order valence-electron chi connectivity index (χ4n) is 5.32. The zero-order chi connectivity index (χ0) is 32.6. The molecule has 242 valence electrons. The van der Waals surface area contributed by atoms with Gasteiger partial charge in [-0.2, -0.15) is 0 Å². The van der Waals surface area contributed by atoms with E-state index in [9.17, 15) is 14.7 Å². The van der Waals surface area contributed by atoms with E-state index in [0.717, 1.165) is 31.2 Å². The lowest BCUT2D eigenvalue weighted by Crippen LogP contribution is -2.31. The molecule has 0 radical (unpaired) electrons. The predicted octanol–water partition coefficient (Wildman–Crippen LogP) is 7.46. The van der Waals surface area contributed by atoms with Gasteiger partial charge in [-0.05, 0) is 53.9 Å². The number of aliphatic hydroxyl groups is 1. The summed E-state index contributed by atoms with van der Waals surface area (Å²) in [6.07, 6.45) is 0.440. The van der Waals surface area contributed by atoms with Crippen LogP contribution in [0.5, 0.6) is 0 Å². The van der Waals surface area contributed by atoms with Crippen LogP contribution in [-0.4, -0.2) is 33.8 Å². The van der Waals surface area contributed by atoms with Crippen molar-refractivity contribution in [1.82, 2.24) is 4.98 Å². The topological polar surface area (TPSA) is 136 Å². The highest BCUT2D eigenvalue weighted by Crippen LogP contribution is 2.40. The van der Waals surface area contributed by atoms with Gasteiger partial charge < -0.3 is 30.9 Å². The number of nitrogen functional groups attached to an aromatic ring is 1. The van der Waals surface area contributed by atoms with Crippen LogP contribution in [0.1, 0.15) is 54.8 Å². The molecule has 5 aromatic rings. The van der Waals surface area contributed by atoms with Gasteiger partial charge in [-0.15, -0.1) is 11.3 Å². The number of anilines is 3. The number of rotatable bonds is 12. The first-order valence-corrected chi connectivity index (χ1v) is 17.3. The third-order valence-corrected chi connectivity index (χ3v) is 10.1. The molecule has 47 heavy (non-hydrogen) atoms. The van der Waals surface area contributed by atoms with Crippen molar-refractivity contribution >= 4 is 62.2 Å². The number of ether oxygens (including phenoxy) is 2. The number of aromatic nitrogens is 1. The SMILES string of the molecule is Nc1ccccc1NC(=O)CCCC(=O)Nc1cccc(C2OC(CSc3nc4ccccc4s3)CC(c3ccc(CO)cc3)O2)c1. The number of benzene rings is 4. The Kier molecular flexibility index (Phi) is 10.8. The van der Waals surface area contributed by atoms with E-state index < -0.39 is 6.29 Å². The summed E-state index contributed by atoms with van der Waals surface area (Å²) in [5.74, 6) is 0.318. The minimum absolute atomic E-state index is 0.0203. The van der Waals surface area contributed by atoms with E-state index in [1.165, 1.54) is 0 Å². The maximum Gasteiger partial charge on any atom is 0.224 e. The number of nitrogens with one attached hydrogen (secondary N) is 2. The van der Waals surface area contributed by atoms with Crippen molar-refractivity contribution in [3.8, 4) is 0 Å². The molecule has 9 nitrogen and oxygen atoms in total. The summed E-state index contributed by atoms with van der Waals surface area (Å²) >= 11 is 3.35. The monoisotopic (exact) mass is 668 g/mol. The summed E-state index contributed by atoms with van der Waals surface area (Å²) in [5.41, 5.74) is 11.2. The molecule has 5 N–H and O–H groups in total. The molecule has 1 fully saturated rings. The van der Waals surface area contributed by atoms with Gasteiger partial charge in [-0.25, -0.2) is 4.98 Å². The number of para-hydroxylation sites is 3. The summed E-state index contributed by atoms with van der Waals surface area (Å²) in [5, 5.41) is 15.2. The van der Waals surface area contributed by atoms with Gasteiger partial charge >= 0.3 is 0 Å². The number of fused-ring (bicyclic) bond motifs is 1. The van der Waals surface area contributed by atoms with Crippen LogP contribution in [-0.2, 0) is 25.7 Å². The summed E-state index contributed by atoms with van der Waals surface area (Å²) < 4.78 is 15.1. The van der Waals surface area contributed by atoms with Crippen molar-refractivity contribution in [3.63, 3.8) is 0 Å². The summed E-state index contributed by atoms with van der Waals surface area (Å²) in [6.45, 7) is -0.0203. The summed E-state index contributed by atoms with van der Waals surface area (Å²) in [7, 11) is 0. The summed E-state index contributed by atoms with van der Waals surface area (Å²) in [4.78, 5) is 29.9. The number of carbonyl (C=O) groups excluding carboxylic acids is 2. The fraction of sp³-hybridized carbons (Fsp3) is 0.250. The molecular formula is C36H36N4O5S2. The normalized spacial score (nSPS) is 17.8. The standard InChI is InChI=1S/C36H36N4O5S2/c37-28-9-1-2-10-29(28)39-34(43)14-6-13-33(42)38-26-8-5-7-25(19-26)35-44-27(20-31(45-35)24-17-15-23(21-41)16-18-24)22-46-36-40-30-11-3-4-12-32(30)47-36/h1-5,7-12,15-19,27,31,35,41H,6,13-14,20-22,37H2,(H,38,42)(H,39,43). The number of thiazole rings is 1. The Morgan fingerprint density at radius 3 is 2.45 bits per heavy atom. The number of nitrogens with zero attached hydrogens (tertiary/aromatic N) is 1. The first-order valence-electron chi connectivity index (χ1n) is 15.5. The first-order chi connectivity index (χ1) is 22.9. The Balaban J connectivity index is 1.09. The average Bonchev–Trinajstić information content (AvgIpc) is 3.52. The number of amides is 2. The van der Waals surface area contributed by atoms with Crippen molar-refractivity contribution in [2.75, 3.05) is 22.1 Å². The van der Waals surface area contributed by atoms with Gasteiger partial charge in [0.15, 0.2) is 10.6 Å². The lowest BCUT2D eigenvalue weighted by molar-refractivity contribution is -0.245. The van der Waals surface area contributed by atoms with E-state index in [-0.39, 0.29) is 43.5 Å². The van der Waals surface area contributed by atoms with Gasteiger partial charge in [0.2, 0.25) is 11.8 Å². The second-order valence-corrected chi connectivity index (χ2v) is 13.6. The number of hydrogen-bond donors (Lipinski definition) is 4. The molecule has 0 aliphatic carbocycles. The predicted molar refractivity (Wildman–Crippen MR) is 187 cm³/mol. The molecule has 3 unspecified atom stereocenters. The summed E-state index contributed by atoms with van der Waals surface area (Å²) in [6, 6.07) is 30.4. The number of aliphatic hydroxyl groups excluding tert-OH is 1. The highest BCUT2D eigenvalue weighted by atomic mass is 32.2. The van der Waals surface area contributed by atoms with Gasteiger partial charge in [0, 0.05) is 36.3 Å². The number of carbonyl (C=O) groups is 2. The molecule has 3 atom stereocenters. The molecule has 1 aliphatic heterocycles. The van der Waals surface area contributed by atoms with Crippen molar-refractivity contribution in [2.45, 2.75) is 55.1 Å². The van der Waals surface area contributed by atoms with Crippen LogP contribution in [0.25, 0.3) is 10.2 Å². The Hall–Kier alpha value is -4.26. The molecule has 0 spiro atoms. The van der Waals surface area contributed by atoms with Gasteiger partial charge in [-0.1, -0.05) is 72.4 Å². The number of thioether (sulfide) groups is 1. The van der Waals surface area contributed by atoms with Crippen LogP contribution in [0.4, 0.5) is 17.1 Å². The molecule has 0 bridgehead atoms. The first kappa shape index (κ1) is 32.7. The lowest BCUT2D eigenvalue weighted by Gasteiger charge is -2.36. The van der Waals surface area contributed by atoms with Crippen molar-refractivity contribution in [1.29, 1.82) is 0 Å². The molecule has 2 heterocycles. The maximum absolute atomic E-state index is 12.8. The van der Waals surface area contributed by atoms with Crippen molar-refractivity contribution in [3.05, 3.63) is 114 Å². The van der Waals surface area contributed by atoms with E-state index in [1.807, 2.05) is 66.7 Å². The molecule has 11 heteroatoms. The van der Waals surface area contributed by atoms with Crippen LogP contribution < -0.4 is 16.4 Å². The Morgan fingerprint density at radius 1 is 0.894 bits per heavy atom.